The molecule has 0 aliphatic carbocycles. The van der Waals surface area contributed by atoms with Crippen LogP contribution >= 0.6 is 11.6 Å². The van der Waals surface area contributed by atoms with Crippen LogP contribution in [-0.4, -0.2) is 102 Å². The largest absolute Gasteiger partial charge is 0.507 e. The first-order chi connectivity index (χ1) is 18.2. The van der Waals surface area contributed by atoms with Crippen molar-refractivity contribution in [2.45, 2.75) is 12.5 Å². The Morgan fingerprint density at radius 3 is 2.74 bits per heavy atom. The van der Waals surface area contributed by atoms with Crippen LogP contribution in [0.2, 0.25) is 5.02 Å². The van der Waals surface area contributed by atoms with Gasteiger partial charge in [-0.05, 0) is 38.2 Å². The molecule has 5 heterocycles. The Morgan fingerprint density at radius 2 is 2.05 bits per heavy atom. The van der Waals surface area contributed by atoms with Gasteiger partial charge in [-0.15, -0.1) is 0 Å². The number of rotatable bonds is 3. The lowest BCUT2D eigenvalue weighted by molar-refractivity contribution is -0.128. The highest BCUT2D eigenvalue weighted by atomic mass is 35.5. The summed E-state index contributed by atoms with van der Waals surface area (Å²) in [6, 6.07) is 3.60. The van der Waals surface area contributed by atoms with Crippen molar-refractivity contribution in [3.05, 3.63) is 47.3 Å². The molecule has 0 unspecified atom stereocenters. The van der Waals surface area contributed by atoms with E-state index in [4.69, 9.17) is 21.3 Å². The molecule has 1 atom stereocenters. The van der Waals surface area contributed by atoms with E-state index in [1.807, 2.05) is 4.90 Å². The number of piperazine rings is 1. The number of hydrogen-bond acceptors (Lipinski definition) is 7. The topological polar surface area (TPSA) is 89.5 Å². The number of halogens is 2. The number of phenols is 1. The van der Waals surface area contributed by atoms with E-state index in [2.05, 4.69) is 18.5 Å². The zero-order valence-electron chi connectivity index (χ0n) is 21.1. The summed E-state index contributed by atoms with van der Waals surface area (Å²) in [5.41, 5.74) is 0.230. The third-order valence-electron chi connectivity index (χ3n) is 8.15. The summed E-state index contributed by atoms with van der Waals surface area (Å²) in [5.74, 6) is -0.981. The lowest BCUT2D eigenvalue weighted by atomic mass is 9.79. The molecule has 11 heteroatoms. The maximum atomic E-state index is 15.0. The lowest BCUT2D eigenvalue weighted by Gasteiger charge is -2.49. The van der Waals surface area contributed by atoms with E-state index in [-0.39, 0.29) is 57.2 Å². The van der Waals surface area contributed by atoms with Crippen molar-refractivity contribution in [3.63, 3.8) is 0 Å². The summed E-state index contributed by atoms with van der Waals surface area (Å²) in [4.78, 5) is 38.7. The smallest absolute Gasteiger partial charge is 0.261 e. The number of nitrogens with zero attached hydrogens (tertiary/aromatic N) is 5. The Kier molecular flexibility index (Phi) is 5.99. The summed E-state index contributed by atoms with van der Waals surface area (Å²) in [6.07, 6.45) is 2.30. The van der Waals surface area contributed by atoms with Gasteiger partial charge in [0.2, 0.25) is 5.91 Å². The minimum Gasteiger partial charge on any atom is -0.507 e. The maximum absolute atomic E-state index is 15.0. The fourth-order valence-corrected chi connectivity index (χ4v) is 6.53. The quantitative estimate of drug-likeness (QED) is 0.598. The minimum absolute atomic E-state index is 0.0247. The zero-order chi connectivity index (χ0) is 26.8. The van der Waals surface area contributed by atoms with Crippen molar-refractivity contribution in [2.75, 3.05) is 64.4 Å². The van der Waals surface area contributed by atoms with Gasteiger partial charge in [0.05, 0.1) is 11.6 Å². The van der Waals surface area contributed by atoms with E-state index in [1.165, 1.54) is 24.3 Å². The Balaban J connectivity index is 1.45. The molecule has 2 amide bonds. The highest BCUT2D eigenvalue weighted by molar-refractivity contribution is 6.35. The number of pyridine rings is 1. The van der Waals surface area contributed by atoms with E-state index in [0.29, 0.717) is 38.5 Å². The predicted molar refractivity (Wildman–Crippen MR) is 140 cm³/mol. The third-order valence-corrected chi connectivity index (χ3v) is 8.50. The van der Waals surface area contributed by atoms with Crippen molar-refractivity contribution in [3.8, 4) is 22.8 Å². The summed E-state index contributed by atoms with van der Waals surface area (Å²) in [5, 5.41) is 10.5. The van der Waals surface area contributed by atoms with Crippen LogP contribution in [0.3, 0.4) is 0 Å². The zero-order valence-corrected chi connectivity index (χ0v) is 21.9. The van der Waals surface area contributed by atoms with Gasteiger partial charge >= 0.3 is 0 Å². The van der Waals surface area contributed by atoms with Crippen molar-refractivity contribution < 1.29 is 23.8 Å². The van der Waals surface area contributed by atoms with E-state index in [9.17, 15) is 19.1 Å². The first-order valence-corrected chi connectivity index (χ1v) is 13.1. The number of aromatic nitrogens is 1. The van der Waals surface area contributed by atoms with E-state index < -0.39 is 11.9 Å². The number of carbonyl (C=O) groups excluding carboxylic acids is 2. The van der Waals surface area contributed by atoms with E-state index in [0.717, 1.165) is 19.5 Å². The molecule has 0 radical (unpaired) electrons. The van der Waals surface area contributed by atoms with Crippen molar-refractivity contribution >= 4 is 29.2 Å². The third kappa shape index (κ3) is 3.89. The predicted octanol–water partition coefficient (Wildman–Crippen LogP) is 2.62. The molecular formula is C27H29ClFN5O4. The first-order valence-electron chi connectivity index (χ1n) is 12.7. The number of amides is 2. The van der Waals surface area contributed by atoms with E-state index >= 15 is 0 Å². The molecule has 0 saturated carbocycles. The number of phenolic OH excluding ortho intramolecular Hbond substituents is 1. The van der Waals surface area contributed by atoms with Gasteiger partial charge in [0, 0.05) is 44.7 Å². The van der Waals surface area contributed by atoms with Crippen LogP contribution in [0.4, 0.5) is 10.2 Å². The van der Waals surface area contributed by atoms with Gasteiger partial charge in [0.15, 0.2) is 5.75 Å². The molecule has 4 aliphatic heterocycles. The molecule has 2 aromatic rings. The molecule has 38 heavy (non-hydrogen) atoms. The lowest BCUT2D eigenvalue weighted by Crippen LogP contribution is -2.59. The number of benzene rings is 1. The number of fused-ring (bicyclic) bond motifs is 2. The van der Waals surface area contributed by atoms with Crippen molar-refractivity contribution in [1.82, 2.24) is 19.7 Å². The fourth-order valence-electron chi connectivity index (χ4n) is 6.25. The SMILES string of the molecule is C=CC(=O)N1CCN2C(=O)c3c(N4CC5(CCN(C)C5)C4)nc(-c4c(O)cccc4F)c(Cl)c3OC[C@H]2C1. The summed E-state index contributed by atoms with van der Waals surface area (Å²) >= 11 is 6.78. The van der Waals surface area contributed by atoms with Crippen molar-refractivity contribution in [1.29, 1.82) is 0 Å². The van der Waals surface area contributed by atoms with Crippen LogP contribution in [-0.2, 0) is 4.79 Å². The second-order valence-corrected chi connectivity index (χ2v) is 11.1. The van der Waals surface area contributed by atoms with Crippen LogP contribution < -0.4 is 9.64 Å². The monoisotopic (exact) mass is 541 g/mol. The molecule has 9 nitrogen and oxygen atoms in total. The number of anilines is 1. The van der Waals surface area contributed by atoms with Crippen molar-refractivity contribution in [2.24, 2.45) is 5.41 Å². The van der Waals surface area contributed by atoms with Gasteiger partial charge in [-0.3, -0.25) is 9.59 Å². The number of likely N-dealkylation sites (tertiary alicyclic amines) is 1. The highest BCUT2D eigenvalue weighted by Gasteiger charge is 2.49. The molecular weight excluding hydrogens is 513 g/mol. The van der Waals surface area contributed by atoms with Crippen LogP contribution in [0.15, 0.2) is 30.9 Å². The summed E-state index contributed by atoms with van der Waals surface area (Å²) < 4.78 is 21.2. The minimum atomic E-state index is -0.682. The molecule has 3 fully saturated rings. The van der Waals surface area contributed by atoms with Gasteiger partial charge in [0.1, 0.15) is 40.3 Å². The molecule has 6 rings (SSSR count). The number of ether oxygens (including phenoxy) is 1. The van der Waals surface area contributed by atoms with Gasteiger partial charge < -0.3 is 29.4 Å². The average molecular weight is 542 g/mol. The second-order valence-electron chi connectivity index (χ2n) is 10.7. The fraction of sp³-hybridized carbons (Fsp3) is 0.444. The molecule has 4 aliphatic rings. The molecule has 1 spiro atoms. The van der Waals surface area contributed by atoms with Crippen LogP contribution in [0, 0.1) is 11.2 Å². The van der Waals surface area contributed by atoms with Crippen LogP contribution in [0.25, 0.3) is 11.3 Å². The summed E-state index contributed by atoms with van der Waals surface area (Å²) in [7, 11) is 2.09. The number of aromatic hydroxyl groups is 1. The summed E-state index contributed by atoms with van der Waals surface area (Å²) in [6.45, 7) is 8.00. The van der Waals surface area contributed by atoms with Crippen LogP contribution in [0.1, 0.15) is 16.8 Å². The maximum Gasteiger partial charge on any atom is 0.261 e. The van der Waals surface area contributed by atoms with Crippen LogP contribution in [0.5, 0.6) is 11.5 Å². The molecule has 1 aromatic carbocycles. The molecule has 1 aromatic heterocycles. The average Bonchev–Trinajstić information content (AvgIpc) is 3.21. The molecule has 3 saturated heterocycles. The van der Waals surface area contributed by atoms with Gasteiger partial charge in [-0.1, -0.05) is 24.2 Å². The Morgan fingerprint density at radius 1 is 1.26 bits per heavy atom. The van der Waals surface area contributed by atoms with E-state index in [1.54, 1.807) is 9.80 Å². The Hall–Kier alpha value is -3.37. The Labute approximate surface area is 225 Å². The molecule has 200 valence electrons. The van der Waals surface area contributed by atoms with Gasteiger partial charge in [0.25, 0.3) is 5.91 Å². The molecule has 0 bridgehead atoms. The highest BCUT2D eigenvalue weighted by Crippen LogP contribution is 2.49. The first kappa shape index (κ1) is 24.9. The van der Waals surface area contributed by atoms with Gasteiger partial charge in [-0.2, -0.15) is 0 Å². The second kappa shape index (κ2) is 9.13. The number of hydrogen-bond donors (Lipinski definition) is 1. The number of carbonyl (C=O) groups is 2. The standard InChI is InChI=1S/C27H29ClFN5O4/c1-3-19(36)32-9-10-34-16(11-32)12-38-24-21(26(34)37)25(33-14-27(15-33)7-8-31(2)13-27)30-23(22(24)28)20-17(29)5-4-6-18(20)35/h3-6,16,35H,1,7-15H2,2H3/t16-/m1/s1. The Bertz CT molecular complexity index is 1330. The van der Waals surface area contributed by atoms with Gasteiger partial charge in [-0.25, -0.2) is 9.37 Å². The normalized spacial score (nSPS) is 22.4. The molecule has 1 N–H and O–H groups in total.